The number of para-hydroxylation sites is 2. The Morgan fingerprint density at radius 2 is 1.34 bits per heavy atom. The lowest BCUT2D eigenvalue weighted by atomic mass is 10.1. The van der Waals surface area contributed by atoms with Crippen LogP contribution in [0.5, 0.6) is 0 Å². The van der Waals surface area contributed by atoms with Gasteiger partial charge >= 0.3 is 6.18 Å². The van der Waals surface area contributed by atoms with Gasteiger partial charge in [0.05, 0.1) is 21.9 Å². The summed E-state index contributed by atoms with van der Waals surface area (Å²) in [5, 5.41) is 16.2. The molecule has 0 fully saturated rings. The van der Waals surface area contributed by atoms with Gasteiger partial charge in [-0.3, -0.25) is 19.7 Å². The Bertz CT molecular complexity index is 1190. The van der Waals surface area contributed by atoms with Crippen molar-refractivity contribution in [1.82, 2.24) is 0 Å². The van der Waals surface area contributed by atoms with Crippen LogP contribution in [-0.4, -0.2) is 16.7 Å². The molecule has 0 aromatic heterocycles. The Morgan fingerprint density at radius 1 is 0.844 bits per heavy atom. The van der Waals surface area contributed by atoms with Gasteiger partial charge in [0.1, 0.15) is 0 Å². The molecule has 0 aliphatic rings. The Hall–Kier alpha value is -4.21. The van der Waals surface area contributed by atoms with Crippen molar-refractivity contribution in [3.63, 3.8) is 0 Å². The van der Waals surface area contributed by atoms with Crippen LogP contribution in [0, 0.1) is 17.0 Å². The lowest BCUT2D eigenvalue weighted by Gasteiger charge is -2.13. The minimum Gasteiger partial charge on any atom is -0.320 e. The predicted molar refractivity (Wildman–Crippen MR) is 112 cm³/mol. The summed E-state index contributed by atoms with van der Waals surface area (Å²) < 4.78 is 38.1. The second-order valence-corrected chi connectivity index (χ2v) is 6.79. The van der Waals surface area contributed by atoms with Crippen LogP contribution >= 0.6 is 0 Å². The molecule has 10 heteroatoms. The molecular formula is C22H16F3N3O4. The van der Waals surface area contributed by atoms with E-state index in [9.17, 15) is 32.9 Å². The van der Waals surface area contributed by atoms with Crippen LogP contribution in [0.15, 0.2) is 66.7 Å². The van der Waals surface area contributed by atoms with Gasteiger partial charge in [-0.2, -0.15) is 13.2 Å². The summed E-state index contributed by atoms with van der Waals surface area (Å²) in [6.45, 7) is 1.55. The van der Waals surface area contributed by atoms with E-state index < -0.39 is 28.5 Å². The Labute approximate surface area is 180 Å². The zero-order chi connectivity index (χ0) is 23.5. The predicted octanol–water partition coefficient (Wildman–Crippen LogP) is 5.43. The standard InChI is InChI=1S/C22H16F3N3O4/c1-13-6-7-15(12-19(13)28(31)32)21(30)27-18-5-3-2-4-17(18)26-20(29)14-8-10-16(11-9-14)22(23,24)25/h2-12H,1H3,(H,26,29)(H,27,30). The minimum atomic E-state index is -4.52. The third kappa shape index (κ3) is 5.09. The van der Waals surface area contributed by atoms with E-state index in [4.69, 9.17) is 0 Å². The van der Waals surface area contributed by atoms with Crippen molar-refractivity contribution in [2.75, 3.05) is 10.6 Å². The number of nitrogens with zero attached hydrogens (tertiary/aromatic N) is 1. The number of carbonyl (C=O) groups excluding carboxylic acids is 2. The van der Waals surface area contributed by atoms with E-state index in [1.54, 1.807) is 19.1 Å². The van der Waals surface area contributed by atoms with Crippen molar-refractivity contribution in [2.24, 2.45) is 0 Å². The molecule has 164 valence electrons. The minimum absolute atomic E-state index is 0.00621. The molecule has 0 bridgehead atoms. The second kappa shape index (κ2) is 8.88. The monoisotopic (exact) mass is 443 g/mol. The number of rotatable bonds is 5. The highest BCUT2D eigenvalue weighted by atomic mass is 19.4. The quantitative estimate of drug-likeness (QED) is 0.406. The van der Waals surface area contributed by atoms with Crippen LogP contribution in [0.25, 0.3) is 0 Å². The van der Waals surface area contributed by atoms with Crippen LogP contribution in [0.1, 0.15) is 31.8 Å². The summed E-state index contributed by atoms with van der Waals surface area (Å²) in [5.74, 6) is -1.31. The normalized spacial score (nSPS) is 11.0. The first-order chi connectivity index (χ1) is 15.1. The summed E-state index contributed by atoms with van der Waals surface area (Å²) in [4.78, 5) is 35.6. The number of halogens is 3. The molecule has 3 rings (SSSR count). The van der Waals surface area contributed by atoms with Gasteiger partial charge in [-0.1, -0.05) is 18.2 Å². The third-order valence-corrected chi connectivity index (χ3v) is 4.57. The van der Waals surface area contributed by atoms with E-state index in [2.05, 4.69) is 10.6 Å². The average Bonchev–Trinajstić information content (AvgIpc) is 2.74. The fourth-order valence-electron chi connectivity index (χ4n) is 2.85. The Kier molecular flexibility index (Phi) is 6.24. The van der Waals surface area contributed by atoms with Crippen LogP contribution in [-0.2, 0) is 6.18 Å². The molecule has 2 N–H and O–H groups in total. The number of hydrogen-bond acceptors (Lipinski definition) is 4. The number of nitro benzene ring substituents is 1. The highest BCUT2D eigenvalue weighted by molar-refractivity contribution is 6.10. The lowest BCUT2D eigenvalue weighted by Crippen LogP contribution is -2.17. The maximum absolute atomic E-state index is 12.7. The van der Waals surface area contributed by atoms with Crippen LogP contribution in [0.2, 0.25) is 0 Å². The molecule has 3 aromatic rings. The Morgan fingerprint density at radius 3 is 1.84 bits per heavy atom. The molecule has 0 spiro atoms. The lowest BCUT2D eigenvalue weighted by molar-refractivity contribution is -0.385. The molecule has 0 atom stereocenters. The van der Waals surface area contributed by atoms with Crippen LogP contribution < -0.4 is 10.6 Å². The molecule has 0 saturated carbocycles. The van der Waals surface area contributed by atoms with E-state index in [0.29, 0.717) is 5.56 Å². The average molecular weight is 443 g/mol. The highest BCUT2D eigenvalue weighted by Gasteiger charge is 2.30. The van der Waals surface area contributed by atoms with Gasteiger partial charge in [0.15, 0.2) is 0 Å². The number of aryl methyl sites for hydroxylation is 1. The number of amides is 2. The van der Waals surface area contributed by atoms with E-state index in [-0.39, 0.29) is 28.2 Å². The van der Waals surface area contributed by atoms with Crippen molar-refractivity contribution in [3.05, 3.63) is 99.1 Å². The molecule has 32 heavy (non-hydrogen) atoms. The smallest absolute Gasteiger partial charge is 0.320 e. The maximum atomic E-state index is 12.7. The number of benzene rings is 3. The molecule has 0 radical (unpaired) electrons. The van der Waals surface area contributed by atoms with Crippen molar-refractivity contribution in [2.45, 2.75) is 13.1 Å². The summed E-state index contributed by atoms with van der Waals surface area (Å²) in [6.07, 6.45) is -4.52. The first-order valence-corrected chi connectivity index (χ1v) is 9.20. The fraction of sp³-hybridized carbons (Fsp3) is 0.0909. The number of hydrogen-bond donors (Lipinski definition) is 2. The van der Waals surface area contributed by atoms with Gasteiger partial charge in [-0.05, 0) is 49.4 Å². The van der Waals surface area contributed by atoms with Gasteiger partial charge in [-0.15, -0.1) is 0 Å². The molecule has 0 saturated heterocycles. The van der Waals surface area contributed by atoms with E-state index in [1.807, 2.05) is 0 Å². The van der Waals surface area contributed by atoms with Gasteiger partial charge in [-0.25, -0.2) is 0 Å². The number of anilines is 2. The molecule has 0 heterocycles. The van der Waals surface area contributed by atoms with Crippen LogP contribution in [0.4, 0.5) is 30.2 Å². The van der Waals surface area contributed by atoms with Gasteiger partial charge in [0.2, 0.25) is 0 Å². The summed E-state index contributed by atoms with van der Waals surface area (Å²) in [5.41, 5.74) is -0.237. The highest BCUT2D eigenvalue weighted by Crippen LogP contribution is 2.29. The second-order valence-electron chi connectivity index (χ2n) is 6.79. The first kappa shape index (κ1) is 22.5. The van der Waals surface area contributed by atoms with Gasteiger partial charge in [0.25, 0.3) is 17.5 Å². The molecule has 7 nitrogen and oxygen atoms in total. The molecule has 0 aliphatic heterocycles. The fourth-order valence-corrected chi connectivity index (χ4v) is 2.85. The molecule has 0 unspecified atom stereocenters. The Balaban J connectivity index is 1.79. The van der Waals surface area contributed by atoms with E-state index in [1.165, 1.54) is 24.3 Å². The van der Waals surface area contributed by atoms with Crippen molar-refractivity contribution >= 4 is 28.9 Å². The first-order valence-electron chi connectivity index (χ1n) is 9.20. The van der Waals surface area contributed by atoms with Gasteiger partial charge < -0.3 is 10.6 Å². The largest absolute Gasteiger partial charge is 0.416 e. The number of nitrogens with one attached hydrogen (secondary N) is 2. The number of alkyl halides is 3. The van der Waals surface area contributed by atoms with E-state index >= 15 is 0 Å². The topological polar surface area (TPSA) is 101 Å². The van der Waals surface area contributed by atoms with Crippen molar-refractivity contribution in [3.8, 4) is 0 Å². The zero-order valence-electron chi connectivity index (χ0n) is 16.6. The summed E-state index contributed by atoms with van der Waals surface area (Å²) in [7, 11) is 0. The van der Waals surface area contributed by atoms with Gasteiger partial charge in [0, 0.05) is 22.8 Å². The van der Waals surface area contributed by atoms with Crippen LogP contribution in [0.3, 0.4) is 0 Å². The number of nitro groups is 1. The van der Waals surface area contributed by atoms with Crippen molar-refractivity contribution in [1.29, 1.82) is 0 Å². The van der Waals surface area contributed by atoms with E-state index in [0.717, 1.165) is 30.3 Å². The summed E-state index contributed by atoms with van der Waals surface area (Å²) >= 11 is 0. The maximum Gasteiger partial charge on any atom is 0.416 e. The number of carbonyl (C=O) groups is 2. The SMILES string of the molecule is Cc1ccc(C(=O)Nc2ccccc2NC(=O)c2ccc(C(F)(F)F)cc2)cc1[N+](=O)[O-]. The third-order valence-electron chi connectivity index (χ3n) is 4.57. The zero-order valence-corrected chi connectivity index (χ0v) is 16.6. The van der Waals surface area contributed by atoms with Crippen molar-refractivity contribution < 1.29 is 27.7 Å². The molecule has 3 aromatic carbocycles. The molecule has 0 aliphatic carbocycles. The molecular weight excluding hydrogens is 427 g/mol. The summed E-state index contributed by atoms with van der Waals surface area (Å²) in [6, 6.07) is 13.9. The molecule has 2 amide bonds.